The zero-order chi connectivity index (χ0) is 16.5. The minimum Gasteiger partial charge on any atom is -0.340 e. The molecule has 120 valence electrons. The van der Waals surface area contributed by atoms with Crippen LogP contribution in [0.4, 0.5) is 0 Å². The molecule has 0 saturated carbocycles. The number of hydrogen-bond donors (Lipinski definition) is 3. The van der Waals surface area contributed by atoms with E-state index in [9.17, 15) is 19.2 Å². The highest BCUT2D eigenvalue weighted by Gasteiger charge is 2.28. The van der Waals surface area contributed by atoms with Gasteiger partial charge in [-0.3, -0.25) is 24.5 Å². The first kappa shape index (κ1) is 18.0. The van der Waals surface area contributed by atoms with Gasteiger partial charge in [-0.1, -0.05) is 30.8 Å². The lowest BCUT2D eigenvalue weighted by Gasteiger charge is -2.22. The summed E-state index contributed by atoms with van der Waals surface area (Å²) >= 11 is 1.11. The van der Waals surface area contributed by atoms with Gasteiger partial charge < -0.3 is 10.6 Å². The Kier molecular flexibility index (Phi) is 7.38. The molecule has 22 heavy (non-hydrogen) atoms. The van der Waals surface area contributed by atoms with E-state index in [0.717, 1.165) is 11.8 Å². The molecule has 1 unspecified atom stereocenters. The van der Waals surface area contributed by atoms with Crippen molar-refractivity contribution in [2.75, 3.05) is 0 Å². The first-order chi connectivity index (χ1) is 10.5. The van der Waals surface area contributed by atoms with E-state index in [1.54, 1.807) is 19.1 Å². The summed E-state index contributed by atoms with van der Waals surface area (Å²) in [6.45, 7) is 3.60. The van der Waals surface area contributed by atoms with Crippen LogP contribution in [0.5, 0.6) is 0 Å². The average molecular weight is 325 g/mol. The van der Waals surface area contributed by atoms with Crippen LogP contribution in [0.25, 0.3) is 0 Å². The number of carbonyl (C=O) groups excluding carboxylic acids is 4. The van der Waals surface area contributed by atoms with E-state index >= 15 is 0 Å². The van der Waals surface area contributed by atoms with Crippen LogP contribution >= 0.6 is 11.8 Å². The van der Waals surface area contributed by atoms with Crippen LogP contribution in [0, 0.1) is 0 Å². The fraction of sp³-hybridized carbons (Fsp3) is 0.429. The molecule has 0 spiro atoms. The Morgan fingerprint density at radius 3 is 2.73 bits per heavy atom. The molecule has 0 aromatic rings. The van der Waals surface area contributed by atoms with Crippen molar-refractivity contribution < 1.29 is 19.2 Å². The largest absolute Gasteiger partial charge is 0.340 e. The number of carbonyl (C=O) groups is 4. The molecule has 8 heteroatoms. The van der Waals surface area contributed by atoms with E-state index in [0.29, 0.717) is 22.8 Å². The van der Waals surface area contributed by atoms with Gasteiger partial charge >= 0.3 is 0 Å². The molecule has 1 rings (SSSR count). The van der Waals surface area contributed by atoms with Gasteiger partial charge in [0.15, 0.2) is 0 Å². The summed E-state index contributed by atoms with van der Waals surface area (Å²) in [6, 6.07) is -0.724. The Hall–Kier alpha value is -2.09. The van der Waals surface area contributed by atoms with Crippen molar-refractivity contribution in [2.24, 2.45) is 0 Å². The molecule has 3 N–H and O–H groups in total. The molecule has 1 saturated heterocycles. The molecule has 1 aliphatic rings. The maximum atomic E-state index is 12.2. The second kappa shape index (κ2) is 9.04. The maximum absolute atomic E-state index is 12.2. The van der Waals surface area contributed by atoms with E-state index in [-0.39, 0.29) is 18.7 Å². The lowest BCUT2D eigenvalue weighted by Crippen LogP contribution is -2.52. The van der Waals surface area contributed by atoms with E-state index in [2.05, 4.69) is 16.0 Å². The van der Waals surface area contributed by atoms with Gasteiger partial charge in [0.05, 0.1) is 9.93 Å². The number of imide groups is 1. The third-order valence-electron chi connectivity index (χ3n) is 2.84. The van der Waals surface area contributed by atoms with Crippen molar-refractivity contribution in [3.05, 3.63) is 22.1 Å². The normalized spacial score (nSPS) is 19.5. The first-order valence-corrected chi connectivity index (χ1v) is 7.72. The first-order valence-electron chi connectivity index (χ1n) is 6.90. The smallest absolute Gasteiger partial charge is 0.258 e. The van der Waals surface area contributed by atoms with Gasteiger partial charge in [0, 0.05) is 6.42 Å². The highest BCUT2D eigenvalue weighted by atomic mass is 32.2. The van der Waals surface area contributed by atoms with E-state index in [1.165, 1.54) is 0 Å². The molecule has 0 aromatic carbocycles. The fourth-order valence-electron chi connectivity index (χ4n) is 1.79. The van der Waals surface area contributed by atoms with Crippen LogP contribution in [0.15, 0.2) is 22.1 Å². The highest BCUT2D eigenvalue weighted by molar-refractivity contribution is 8.07. The van der Waals surface area contributed by atoms with Crippen molar-refractivity contribution in [3.8, 4) is 0 Å². The molecule has 7 nitrogen and oxygen atoms in total. The Morgan fingerprint density at radius 1 is 1.45 bits per heavy atom. The van der Waals surface area contributed by atoms with Gasteiger partial charge in [-0.2, -0.15) is 0 Å². The lowest BCUT2D eigenvalue weighted by atomic mass is 10.1. The predicted octanol–water partition coefficient (Wildman–Crippen LogP) is 0.542. The summed E-state index contributed by atoms with van der Waals surface area (Å²) in [6.07, 6.45) is 5.10. The Bertz CT molecular complexity index is 528. The number of rotatable bonds is 7. The summed E-state index contributed by atoms with van der Waals surface area (Å²) in [7, 11) is 0. The second-order valence-electron chi connectivity index (χ2n) is 4.47. The monoisotopic (exact) mass is 325 g/mol. The van der Waals surface area contributed by atoms with E-state index < -0.39 is 17.9 Å². The zero-order valence-corrected chi connectivity index (χ0v) is 13.3. The minimum absolute atomic E-state index is 0.197. The van der Waals surface area contributed by atoms with Gasteiger partial charge in [-0.05, 0) is 19.8 Å². The van der Waals surface area contributed by atoms with Crippen molar-refractivity contribution in [1.29, 1.82) is 0 Å². The van der Waals surface area contributed by atoms with Crippen LogP contribution in [0.3, 0.4) is 0 Å². The number of thioether (sulfide) groups is 1. The summed E-state index contributed by atoms with van der Waals surface area (Å²) in [5.41, 5.74) is 0. The molecule has 0 radical (unpaired) electrons. The van der Waals surface area contributed by atoms with Crippen LogP contribution in [0.1, 0.15) is 33.1 Å². The number of nitrogens with one attached hydrogen (secondary N) is 3. The standard InChI is InChI=1S/C14H19N3O4S/c1-3-5-12(15-8-18)22-10(4-2)14(21)16-9-6-7-11(19)17-13(9)20/h4-5,8-9H,3,6-7H2,1-2H3,(H,15,18)(H,16,21)(H,17,19,20)/b10-4-,12-5+. The van der Waals surface area contributed by atoms with Gasteiger partial charge in [0.2, 0.25) is 18.2 Å². The predicted molar refractivity (Wildman–Crippen MR) is 83.2 cm³/mol. The third kappa shape index (κ3) is 5.36. The van der Waals surface area contributed by atoms with Crippen molar-refractivity contribution in [3.63, 3.8) is 0 Å². The highest BCUT2D eigenvalue weighted by Crippen LogP contribution is 2.24. The van der Waals surface area contributed by atoms with Gasteiger partial charge in [-0.25, -0.2) is 0 Å². The molecular weight excluding hydrogens is 306 g/mol. The van der Waals surface area contributed by atoms with Crippen molar-refractivity contribution in [1.82, 2.24) is 16.0 Å². The summed E-state index contributed by atoms with van der Waals surface area (Å²) in [4.78, 5) is 45.8. The molecule has 1 fully saturated rings. The zero-order valence-electron chi connectivity index (χ0n) is 12.5. The van der Waals surface area contributed by atoms with E-state index in [1.807, 2.05) is 6.92 Å². The van der Waals surface area contributed by atoms with Gasteiger partial charge in [-0.15, -0.1) is 0 Å². The van der Waals surface area contributed by atoms with Crippen LogP contribution in [-0.4, -0.2) is 30.2 Å². The molecule has 1 heterocycles. The number of hydrogen-bond acceptors (Lipinski definition) is 5. The molecule has 1 atom stereocenters. The molecule has 0 aromatic heterocycles. The average Bonchev–Trinajstić information content (AvgIpc) is 2.47. The van der Waals surface area contributed by atoms with Gasteiger partial charge in [0.25, 0.3) is 5.91 Å². The van der Waals surface area contributed by atoms with Crippen molar-refractivity contribution >= 4 is 35.9 Å². The summed E-state index contributed by atoms with van der Waals surface area (Å²) in [5.74, 6) is -1.25. The van der Waals surface area contributed by atoms with Crippen LogP contribution in [0.2, 0.25) is 0 Å². The number of amides is 4. The summed E-state index contributed by atoms with van der Waals surface area (Å²) < 4.78 is 0. The Morgan fingerprint density at radius 2 is 2.18 bits per heavy atom. The third-order valence-corrected chi connectivity index (χ3v) is 3.99. The second-order valence-corrected chi connectivity index (χ2v) is 5.55. The van der Waals surface area contributed by atoms with Crippen LogP contribution < -0.4 is 16.0 Å². The minimum atomic E-state index is -0.724. The van der Waals surface area contributed by atoms with Crippen molar-refractivity contribution in [2.45, 2.75) is 39.2 Å². The topological polar surface area (TPSA) is 104 Å². The summed E-state index contributed by atoms with van der Waals surface area (Å²) in [5, 5.41) is 7.84. The maximum Gasteiger partial charge on any atom is 0.258 e. The number of allylic oxidation sites excluding steroid dienone is 2. The number of piperidine rings is 1. The Balaban J connectivity index is 2.68. The fourth-order valence-corrected chi connectivity index (χ4v) is 2.65. The molecule has 0 aliphatic carbocycles. The Labute approximate surface area is 133 Å². The SMILES string of the molecule is C/C=C(\S/C(=C/CC)NC=O)C(=O)NC1CCC(=O)NC1=O. The quantitative estimate of drug-likeness (QED) is 0.360. The van der Waals surface area contributed by atoms with E-state index in [4.69, 9.17) is 0 Å². The lowest BCUT2D eigenvalue weighted by molar-refractivity contribution is -0.136. The molecular formula is C14H19N3O4S. The van der Waals surface area contributed by atoms with Crippen LogP contribution in [-0.2, 0) is 19.2 Å². The molecule has 4 amide bonds. The molecule has 1 aliphatic heterocycles. The molecule has 0 bridgehead atoms. The van der Waals surface area contributed by atoms with Gasteiger partial charge in [0.1, 0.15) is 6.04 Å².